The normalized spacial score (nSPS) is 23.2. The maximum atomic E-state index is 12.6. The van der Waals surface area contributed by atoms with Gasteiger partial charge in [0, 0.05) is 37.2 Å². The van der Waals surface area contributed by atoms with Crippen LogP contribution in [0.4, 0.5) is 5.69 Å². The van der Waals surface area contributed by atoms with Gasteiger partial charge < -0.3 is 19.7 Å². The second-order valence-corrected chi connectivity index (χ2v) is 7.03. The molecule has 6 nitrogen and oxygen atoms in total. The van der Waals surface area contributed by atoms with Crippen molar-refractivity contribution < 1.29 is 19.1 Å². The maximum absolute atomic E-state index is 12.6. The fourth-order valence-electron chi connectivity index (χ4n) is 3.32. The Bertz CT molecular complexity index is 673. The Morgan fingerprint density at radius 1 is 1.48 bits per heavy atom. The van der Waals surface area contributed by atoms with E-state index < -0.39 is 0 Å². The van der Waals surface area contributed by atoms with Gasteiger partial charge in [0.2, 0.25) is 11.8 Å². The van der Waals surface area contributed by atoms with Crippen molar-refractivity contribution in [1.29, 1.82) is 0 Å². The molecular weight excluding hydrogens is 344 g/mol. The van der Waals surface area contributed by atoms with Crippen LogP contribution in [0.2, 0.25) is 5.02 Å². The van der Waals surface area contributed by atoms with Crippen molar-refractivity contribution in [2.45, 2.75) is 32.3 Å². The minimum Gasteiger partial charge on any atom is -0.495 e. The van der Waals surface area contributed by atoms with Gasteiger partial charge in [-0.15, -0.1) is 0 Å². The number of carbonyl (C=O) groups is 2. The smallest absolute Gasteiger partial charge is 0.229 e. The van der Waals surface area contributed by atoms with Crippen LogP contribution in [0.15, 0.2) is 12.1 Å². The fraction of sp³-hybridized carbons (Fsp3) is 0.556. The van der Waals surface area contributed by atoms with E-state index in [4.69, 9.17) is 21.1 Å². The molecular formula is C18H23ClN2O4. The number of halogens is 1. The zero-order chi connectivity index (χ0) is 18.0. The zero-order valence-electron chi connectivity index (χ0n) is 14.5. The van der Waals surface area contributed by atoms with E-state index in [0.29, 0.717) is 29.5 Å². The molecule has 2 aliphatic heterocycles. The molecule has 2 saturated heterocycles. The van der Waals surface area contributed by atoms with Crippen molar-refractivity contribution in [1.82, 2.24) is 4.90 Å². The molecule has 0 radical (unpaired) electrons. The van der Waals surface area contributed by atoms with Crippen LogP contribution in [0.1, 0.15) is 24.8 Å². The third-order valence-electron chi connectivity index (χ3n) is 4.77. The first-order chi connectivity index (χ1) is 12.0. The summed E-state index contributed by atoms with van der Waals surface area (Å²) in [7, 11) is 1.53. The molecule has 2 heterocycles. The molecule has 0 bridgehead atoms. The number of methoxy groups -OCH3 is 1. The zero-order valence-corrected chi connectivity index (χ0v) is 15.3. The highest BCUT2D eigenvalue weighted by atomic mass is 35.5. The van der Waals surface area contributed by atoms with Crippen LogP contribution in [-0.2, 0) is 14.3 Å². The summed E-state index contributed by atoms with van der Waals surface area (Å²) in [5.74, 6) is -0.0304. The Hall–Kier alpha value is -1.79. The number of nitrogens with one attached hydrogen (secondary N) is 1. The van der Waals surface area contributed by atoms with Gasteiger partial charge in [0.25, 0.3) is 0 Å². The van der Waals surface area contributed by atoms with Crippen molar-refractivity contribution in [3.63, 3.8) is 0 Å². The van der Waals surface area contributed by atoms with Gasteiger partial charge in [-0.3, -0.25) is 9.59 Å². The molecule has 0 spiro atoms. The highest BCUT2D eigenvalue weighted by molar-refractivity contribution is 6.31. The Balaban J connectivity index is 1.64. The number of hydrogen-bond acceptors (Lipinski definition) is 4. The van der Waals surface area contributed by atoms with Crippen molar-refractivity contribution in [3.8, 4) is 5.75 Å². The predicted octanol–water partition coefficient (Wildman–Crippen LogP) is 2.62. The van der Waals surface area contributed by atoms with Crippen molar-refractivity contribution in [2.24, 2.45) is 5.92 Å². The summed E-state index contributed by atoms with van der Waals surface area (Å²) in [6, 6.07) is 3.45. The van der Waals surface area contributed by atoms with Crippen LogP contribution in [0.5, 0.6) is 5.75 Å². The van der Waals surface area contributed by atoms with Gasteiger partial charge in [0.15, 0.2) is 0 Å². The van der Waals surface area contributed by atoms with Crippen molar-refractivity contribution in [2.75, 3.05) is 32.1 Å². The first kappa shape index (κ1) is 18.0. The quantitative estimate of drug-likeness (QED) is 0.869. The number of anilines is 1. The summed E-state index contributed by atoms with van der Waals surface area (Å²) in [4.78, 5) is 26.5. The van der Waals surface area contributed by atoms with E-state index in [-0.39, 0.29) is 30.3 Å². The molecule has 0 aromatic heterocycles. The van der Waals surface area contributed by atoms with Gasteiger partial charge in [-0.25, -0.2) is 0 Å². The fourth-order valence-corrected chi connectivity index (χ4v) is 3.48. The van der Waals surface area contributed by atoms with Crippen LogP contribution in [0.3, 0.4) is 0 Å². The highest BCUT2D eigenvalue weighted by Gasteiger charge is 2.36. The van der Waals surface area contributed by atoms with Crippen LogP contribution in [0, 0.1) is 12.8 Å². The molecule has 136 valence electrons. The number of likely N-dealkylation sites (tertiary alicyclic amines) is 1. The second kappa shape index (κ2) is 7.62. The lowest BCUT2D eigenvalue weighted by atomic mass is 10.1. The second-order valence-electron chi connectivity index (χ2n) is 6.63. The summed E-state index contributed by atoms with van der Waals surface area (Å²) in [5, 5.41) is 3.45. The molecule has 2 unspecified atom stereocenters. The molecule has 7 heteroatoms. The average Bonchev–Trinajstić information content (AvgIpc) is 3.21. The predicted molar refractivity (Wildman–Crippen MR) is 95.0 cm³/mol. The molecule has 0 saturated carbocycles. The molecule has 2 aliphatic rings. The largest absolute Gasteiger partial charge is 0.495 e. The highest BCUT2D eigenvalue weighted by Crippen LogP contribution is 2.32. The Morgan fingerprint density at radius 2 is 2.28 bits per heavy atom. The van der Waals surface area contributed by atoms with Gasteiger partial charge in [-0.2, -0.15) is 0 Å². The Labute approximate surface area is 152 Å². The number of nitrogens with zero attached hydrogens (tertiary/aromatic N) is 1. The van der Waals surface area contributed by atoms with E-state index >= 15 is 0 Å². The molecule has 0 aliphatic carbocycles. The van der Waals surface area contributed by atoms with Gasteiger partial charge >= 0.3 is 0 Å². The summed E-state index contributed by atoms with van der Waals surface area (Å²) in [6.45, 7) is 3.62. The minimum atomic E-state index is -0.366. The van der Waals surface area contributed by atoms with Gasteiger partial charge in [0.05, 0.1) is 24.8 Å². The van der Waals surface area contributed by atoms with Gasteiger partial charge in [-0.1, -0.05) is 11.6 Å². The number of ether oxygens (including phenoxy) is 2. The molecule has 2 fully saturated rings. The third kappa shape index (κ3) is 4.07. The maximum Gasteiger partial charge on any atom is 0.229 e. The molecule has 1 aromatic rings. The van der Waals surface area contributed by atoms with Crippen LogP contribution >= 0.6 is 11.6 Å². The summed E-state index contributed by atoms with van der Waals surface area (Å²) >= 11 is 6.09. The van der Waals surface area contributed by atoms with Crippen LogP contribution in [0.25, 0.3) is 0 Å². The lowest BCUT2D eigenvalue weighted by molar-refractivity contribution is -0.129. The average molecular weight is 367 g/mol. The van der Waals surface area contributed by atoms with E-state index in [1.807, 2.05) is 6.92 Å². The Morgan fingerprint density at radius 3 is 2.96 bits per heavy atom. The third-order valence-corrected chi connectivity index (χ3v) is 5.18. The lowest BCUT2D eigenvalue weighted by Crippen LogP contribution is -2.34. The standard InChI is InChI=1S/C18H23ClN2O4/c1-11-6-15(16(24-2)8-14(11)19)20-18(23)12-7-17(22)21(9-12)10-13-4-3-5-25-13/h6,8,12-13H,3-5,7,9-10H2,1-2H3,(H,20,23). The first-order valence-corrected chi connectivity index (χ1v) is 8.90. The van der Waals surface area contributed by atoms with E-state index in [1.54, 1.807) is 17.0 Å². The number of carbonyl (C=O) groups excluding carboxylic acids is 2. The van der Waals surface area contributed by atoms with Gasteiger partial charge in [-0.05, 0) is 31.4 Å². The number of hydrogen-bond donors (Lipinski definition) is 1. The minimum absolute atomic E-state index is 0.00917. The van der Waals surface area contributed by atoms with Crippen LogP contribution < -0.4 is 10.1 Å². The Kier molecular flexibility index (Phi) is 5.49. The number of rotatable bonds is 5. The SMILES string of the molecule is COc1cc(Cl)c(C)cc1NC(=O)C1CC(=O)N(CC2CCCO2)C1. The number of benzene rings is 1. The molecule has 2 atom stereocenters. The summed E-state index contributed by atoms with van der Waals surface area (Å²) in [6.07, 6.45) is 2.34. The van der Waals surface area contributed by atoms with E-state index in [2.05, 4.69) is 5.32 Å². The topological polar surface area (TPSA) is 67.9 Å². The van der Waals surface area contributed by atoms with Crippen LogP contribution in [-0.4, -0.2) is 49.6 Å². The van der Waals surface area contributed by atoms with E-state index in [0.717, 1.165) is 25.0 Å². The molecule has 3 rings (SSSR count). The molecule has 25 heavy (non-hydrogen) atoms. The molecule has 1 N–H and O–H groups in total. The van der Waals surface area contributed by atoms with Gasteiger partial charge in [0.1, 0.15) is 5.75 Å². The summed E-state index contributed by atoms with van der Waals surface area (Å²) in [5.41, 5.74) is 1.42. The van der Waals surface area contributed by atoms with Crippen molar-refractivity contribution >= 4 is 29.1 Å². The van der Waals surface area contributed by atoms with E-state index in [9.17, 15) is 9.59 Å². The molecule has 2 amide bonds. The number of aryl methyl sites for hydroxylation is 1. The van der Waals surface area contributed by atoms with E-state index in [1.165, 1.54) is 7.11 Å². The monoisotopic (exact) mass is 366 g/mol. The molecule has 1 aromatic carbocycles. The van der Waals surface area contributed by atoms with Crippen molar-refractivity contribution in [3.05, 3.63) is 22.7 Å². The first-order valence-electron chi connectivity index (χ1n) is 8.52. The lowest BCUT2D eigenvalue weighted by Gasteiger charge is -2.20. The number of amides is 2. The summed E-state index contributed by atoms with van der Waals surface area (Å²) < 4.78 is 10.9.